The lowest BCUT2D eigenvalue weighted by Crippen LogP contribution is -2.34. The van der Waals surface area contributed by atoms with Gasteiger partial charge in [-0.1, -0.05) is 13.3 Å². The molecule has 3 nitrogen and oxygen atoms in total. The highest BCUT2D eigenvalue weighted by Crippen LogP contribution is 2.37. The first-order chi connectivity index (χ1) is 8.63. The molecule has 0 spiro atoms. The van der Waals surface area contributed by atoms with Gasteiger partial charge in [-0.25, -0.2) is 0 Å². The Hall–Kier alpha value is -0.350. The number of rotatable bonds is 4. The number of aromatic nitrogens is 2. The highest BCUT2D eigenvalue weighted by Gasteiger charge is 2.27. The van der Waals surface area contributed by atoms with E-state index in [2.05, 4.69) is 51.8 Å². The SMILES string of the molecule is CCNC1CCCC(c2c(Br)cnn2C(C)C)C1. The molecule has 0 radical (unpaired) electrons. The van der Waals surface area contributed by atoms with Crippen molar-refractivity contribution < 1.29 is 0 Å². The molecular weight excluding hydrogens is 290 g/mol. The Morgan fingerprint density at radius 2 is 2.28 bits per heavy atom. The number of nitrogens with one attached hydrogen (secondary N) is 1. The molecule has 1 aliphatic carbocycles. The van der Waals surface area contributed by atoms with Crippen LogP contribution < -0.4 is 5.32 Å². The highest BCUT2D eigenvalue weighted by molar-refractivity contribution is 9.10. The van der Waals surface area contributed by atoms with Crippen LogP contribution in [0.25, 0.3) is 0 Å². The van der Waals surface area contributed by atoms with Crippen molar-refractivity contribution in [2.24, 2.45) is 0 Å². The number of hydrogen-bond donors (Lipinski definition) is 1. The van der Waals surface area contributed by atoms with Gasteiger partial charge in [-0.3, -0.25) is 4.68 Å². The van der Waals surface area contributed by atoms with Crippen molar-refractivity contribution in [2.75, 3.05) is 6.54 Å². The molecule has 1 aliphatic rings. The second-order valence-electron chi connectivity index (χ2n) is 5.53. The summed E-state index contributed by atoms with van der Waals surface area (Å²) in [5.41, 5.74) is 1.40. The summed E-state index contributed by atoms with van der Waals surface area (Å²) in [5, 5.41) is 8.11. The van der Waals surface area contributed by atoms with E-state index in [1.54, 1.807) is 0 Å². The summed E-state index contributed by atoms with van der Waals surface area (Å²) in [6.07, 6.45) is 7.12. The molecule has 2 rings (SSSR count). The fraction of sp³-hybridized carbons (Fsp3) is 0.786. The topological polar surface area (TPSA) is 29.9 Å². The third kappa shape index (κ3) is 2.97. The zero-order valence-corrected chi connectivity index (χ0v) is 13.2. The van der Waals surface area contributed by atoms with Crippen LogP contribution in [0.3, 0.4) is 0 Å². The first-order valence-electron chi connectivity index (χ1n) is 7.09. The van der Waals surface area contributed by atoms with Crippen molar-refractivity contribution in [3.63, 3.8) is 0 Å². The van der Waals surface area contributed by atoms with Crippen molar-refractivity contribution >= 4 is 15.9 Å². The van der Waals surface area contributed by atoms with Crippen molar-refractivity contribution in [2.45, 2.75) is 64.5 Å². The quantitative estimate of drug-likeness (QED) is 0.914. The van der Waals surface area contributed by atoms with E-state index in [0.717, 1.165) is 6.54 Å². The predicted octanol–water partition coefficient (Wildman–Crippen LogP) is 3.86. The maximum absolute atomic E-state index is 4.51. The third-order valence-electron chi connectivity index (χ3n) is 3.83. The summed E-state index contributed by atoms with van der Waals surface area (Å²) in [4.78, 5) is 0. The van der Waals surface area contributed by atoms with E-state index in [9.17, 15) is 0 Å². The van der Waals surface area contributed by atoms with Gasteiger partial charge in [0.05, 0.1) is 16.4 Å². The van der Waals surface area contributed by atoms with Crippen LogP contribution in [-0.4, -0.2) is 22.4 Å². The molecule has 0 saturated heterocycles. The number of hydrogen-bond acceptors (Lipinski definition) is 2. The Morgan fingerprint density at radius 3 is 2.94 bits per heavy atom. The van der Waals surface area contributed by atoms with Crippen LogP contribution in [0.4, 0.5) is 0 Å². The van der Waals surface area contributed by atoms with Gasteiger partial charge in [0.15, 0.2) is 0 Å². The van der Waals surface area contributed by atoms with Crippen molar-refractivity contribution in [1.82, 2.24) is 15.1 Å². The Bertz CT molecular complexity index is 384. The van der Waals surface area contributed by atoms with Gasteiger partial charge in [-0.2, -0.15) is 5.10 Å². The molecule has 0 bridgehead atoms. The number of nitrogens with zero attached hydrogens (tertiary/aromatic N) is 2. The smallest absolute Gasteiger partial charge is 0.0635 e. The van der Waals surface area contributed by atoms with E-state index < -0.39 is 0 Å². The first-order valence-corrected chi connectivity index (χ1v) is 7.89. The Morgan fingerprint density at radius 1 is 1.50 bits per heavy atom. The maximum Gasteiger partial charge on any atom is 0.0635 e. The van der Waals surface area contributed by atoms with E-state index in [1.807, 2.05) is 6.20 Å². The van der Waals surface area contributed by atoms with Crippen LogP contribution >= 0.6 is 15.9 Å². The van der Waals surface area contributed by atoms with E-state index >= 15 is 0 Å². The molecule has 0 aromatic carbocycles. The summed E-state index contributed by atoms with van der Waals surface area (Å²) in [7, 11) is 0. The normalized spacial score (nSPS) is 24.7. The third-order valence-corrected chi connectivity index (χ3v) is 4.44. The summed E-state index contributed by atoms with van der Waals surface area (Å²) < 4.78 is 3.36. The summed E-state index contributed by atoms with van der Waals surface area (Å²) >= 11 is 3.68. The molecule has 0 aliphatic heterocycles. The minimum atomic E-state index is 0.436. The minimum absolute atomic E-state index is 0.436. The predicted molar refractivity (Wildman–Crippen MR) is 79.0 cm³/mol. The summed E-state index contributed by atoms with van der Waals surface area (Å²) in [6.45, 7) is 7.67. The van der Waals surface area contributed by atoms with Crippen LogP contribution in [0.1, 0.15) is 64.1 Å². The molecule has 18 heavy (non-hydrogen) atoms. The Labute approximate surface area is 118 Å². The zero-order chi connectivity index (χ0) is 13.1. The lowest BCUT2D eigenvalue weighted by molar-refractivity contribution is 0.327. The molecular formula is C14H24BrN3. The molecule has 102 valence electrons. The van der Waals surface area contributed by atoms with Gasteiger partial charge in [0.1, 0.15) is 0 Å². The molecule has 0 amide bonds. The molecule has 2 atom stereocenters. The van der Waals surface area contributed by atoms with Gasteiger partial charge in [-0.15, -0.1) is 0 Å². The highest BCUT2D eigenvalue weighted by atomic mass is 79.9. The van der Waals surface area contributed by atoms with Crippen LogP contribution in [0, 0.1) is 0 Å². The van der Waals surface area contributed by atoms with Crippen molar-refractivity contribution in [3.8, 4) is 0 Å². The second-order valence-corrected chi connectivity index (χ2v) is 6.39. The van der Waals surface area contributed by atoms with Crippen molar-refractivity contribution in [1.29, 1.82) is 0 Å². The summed E-state index contributed by atoms with van der Waals surface area (Å²) in [6, 6.07) is 1.11. The minimum Gasteiger partial charge on any atom is -0.314 e. The average molecular weight is 314 g/mol. The molecule has 1 fully saturated rings. The molecule has 1 N–H and O–H groups in total. The lowest BCUT2D eigenvalue weighted by Gasteiger charge is -2.31. The monoisotopic (exact) mass is 313 g/mol. The van der Waals surface area contributed by atoms with Gasteiger partial charge in [-0.05, 0) is 55.6 Å². The van der Waals surface area contributed by atoms with Crippen LogP contribution in [0.15, 0.2) is 10.7 Å². The van der Waals surface area contributed by atoms with E-state index in [1.165, 1.54) is 35.8 Å². The van der Waals surface area contributed by atoms with Gasteiger partial charge in [0, 0.05) is 18.0 Å². The molecule has 1 saturated carbocycles. The maximum atomic E-state index is 4.51. The van der Waals surface area contributed by atoms with Gasteiger partial charge in [0.25, 0.3) is 0 Å². The molecule has 1 aromatic rings. The average Bonchev–Trinajstić information content (AvgIpc) is 2.72. The van der Waals surface area contributed by atoms with E-state index in [-0.39, 0.29) is 0 Å². The summed E-state index contributed by atoms with van der Waals surface area (Å²) in [5.74, 6) is 0.641. The largest absolute Gasteiger partial charge is 0.314 e. The first kappa shape index (κ1) is 14.1. The molecule has 4 heteroatoms. The van der Waals surface area contributed by atoms with Crippen LogP contribution in [0.5, 0.6) is 0 Å². The fourth-order valence-electron chi connectivity index (χ4n) is 3.06. The molecule has 1 heterocycles. The fourth-order valence-corrected chi connectivity index (χ4v) is 3.65. The Balaban J connectivity index is 2.17. The molecule has 1 aromatic heterocycles. The Kier molecular flexibility index (Phi) is 4.84. The van der Waals surface area contributed by atoms with Gasteiger partial charge < -0.3 is 5.32 Å². The van der Waals surface area contributed by atoms with Gasteiger partial charge >= 0.3 is 0 Å². The molecule has 2 unspecified atom stereocenters. The van der Waals surface area contributed by atoms with Crippen LogP contribution in [0.2, 0.25) is 0 Å². The lowest BCUT2D eigenvalue weighted by atomic mass is 9.83. The van der Waals surface area contributed by atoms with Crippen molar-refractivity contribution in [3.05, 3.63) is 16.4 Å². The number of halogens is 1. The van der Waals surface area contributed by atoms with Crippen LogP contribution in [-0.2, 0) is 0 Å². The zero-order valence-electron chi connectivity index (χ0n) is 11.6. The van der Waals surface area contributed by atoms with Gasteiger partial charge in [0.2, 0.25) is 0 Å². The standard InChI is InChI=1S/C14H24BrN3/c1-4-16-12-7-5-6-11(8-12)14-13(15)9-17-18(14)10(2)3/h9-12,16H,4-8H2,1-3H3. The second kappa shape index (κ2) is 6.20. The van der Waals surface area contributed by atoms with E-state index in [4.69, 9.17) is 0 Å². The van der Waals surface area contributed by atoms with E-state index in [0.29, 0.717) is 18.0 Å².